The van der Waals surface area contributed by atoms with E-state index in [1.165, 1.54) is 28.9 Å². The van der Waals surface area contributed by atoms with Crippen molar-refractivity contribution < 1.29 is 13.9 Å². The summed E-state index contributed by atoms with van der Waals surface area (Å²) in [5, 5.41) is 6.82. The fourth-order valence-electron chi connectivity index (χ4n) is 3.26. The molecule has 4 rings (SSSR count). The van der Waals surface area contributed by atoms with Crippen LogP contribution in [0.3, 0.4) is 0 Å². The quantitative estimate of drug-likeness (QED) is 0.534. The van der Waals surface area contributed by atoms with Gasteiger partial charge in [-0.15, -0.1) is 5.10 Å². The molecule has 2 aromatic heterocycles. The molecular weight excluding hydrogens is 401 g/mol. The van der Waals surface area contributed by atoms with Crippen LogP contribution >= 0.6 is 0 Å². The van der Waals surface area contributed by atoms with Gasteiger partial charge in [0.2, 0.25) is 11.6 Å². The van der Waals surface area contributed by atoms with Gasteiger partial charge in [-0.1, -0.05) is 12.1 Å². The topological polar surface area (TPSA) is 90.5 Å². The average Bonchev–Trinajstić information content (AvgIpc) is 3.01. The van der Waals surface area contributed by atoms with Gasteiger partial charge in [-0.05, 0) is 61.7 Å². The molecular formula is C22H20FN5O3. The Balaban J connectivity index is 1.61. The number of nitrogens with zero attached hydrogens (tertiary/aromatic N) is 4. The lowest BCUT2D eigenvalue weighted by Gasteiger charge is -2.08. The minimum absolute atomic E-state index is 0.143. The van der Waals surface area contributed by atoms with Crippen LogP contribution in [0.25, 0.3) is 5.65 Å². The molecule has 31 heavy (non-hydrogen) atoms. The van der Waals surface area contributed by atoms with Crippen LogP contribution < -0.4 is 15.7 Å². The predicted octanol–water partition coefficient (Wildman–Crippen LogP) is 3.39. The third kappa shape index (κ3) is 4.30. The molecule has 1 amide bonds. The van der Waals surface area contributed by atoms with E-state index in [0.717, 1.165) is 15.8 Å². The van der Waals surface area contributed by atoms with Crippen LogP contribution in [-0.2, 0) is 11.3 Å². The first-order valence-electron chi connectivity index (χ1n) is 9.56. The van der Waals surface area contributed by atoms with Gasteiger partial charge in [0.05, 0.1) is 0 Å². The van der Waals surface area contributed by atoms with E-state index in [0.29, 0.717) is 17.0 Å². The maximum absolute atomic E-state index is 13.5. The minimum atomic E-state index is -0.520. The van der Waals surface area contributed by atoms with E-state index in [-0.39, 0.29) is 18.1 Å². The molecule has 0 aliphatic carbocycles. The molecule has 0 spiro atoms. The number of fused-ring (bicyclic) bond motifs is 1. The molecule has 158 valence electrons. The fraction of sp³-hybridized carbons (Fsp3) is 0.182. The molecule has 0 bridgehead atoms. The van der Waals surface area contributed by atoms with Crippen molar-refractivity contribution in [3.05, 3.63) is 81.8 Å². The first-order valence-corrected chi connectivity index (χ1v) is 9.56. The van der Waals surface area contributed by atoms with Crippen LogP contribution in [0, 0.1) is 26.6 Å². The molecule has 0 radical (unpaired) electrons. The number of hydrogen-bond acceptors (Lipinski definition) is 5. The number of nitrogens with one attached hydrogen (secondary N) is 1. The van der Waals surface area contributed by atoms with Gasteiger partial charge in [0.25, 0.3) is 5.88 Å². The summed E-state index contributed by atoms with van der Waals surface area (Å²) in [4.78, 5) is 29.3. The number of carbonyl (C=O) groups is 1. The lowest BCUT2D eigenvalue weighted by molar-refractivity contribution is -0.117. The van der Waals surface area contributed by atoms with Gasteiger partial charge in [0.1, 0.15) is 18.1 Å². The summed E-state index contributed by atoms with van der Waals surface area (Å²) < 4.78 is 21.6. The summed E-state index contributed by atoms with van der Waals surface area (Å²) >= 11 is 0. The zero-order valence-corrected chi connectivity index (χ0v) is 17.2. The Labute approximate surface area is 176 Å². The third-order valence-electron chi connectivity index (χ3n) is 4.65. The molecule has 9 heteroatoms. The number of anilines is 1. The summed E-state index contributed by atoms with van der Waals surface area (Å²) in [6, 6.07) is 9.80. The van der Waals surface area contributed by atoms with E-state index in [9.17, 15) is 14.0 Å². The summed E-state index contributed by atoms with van der Waals surface area (Å²) in [6.45, 7) is 5.30. The Kier molecular flexibility index (Phi) is 5.24. The summed E-state index contributed by atoms with van der Waals surface area (Å²) in [7, 11) is 0. The van der Waals surface area contributed by atoms with E-state index in [2.05, 4.69) is 15.4 Å². The third-order valence-corrected chi connectivity index (χ3v) is 4.65. The highest BCUT2D eigenvalue weighted by Crippen LogP contribution is 2.24. The van der Waals surface area contributed by atoms with Crippen molar-refractivity contribution in [2.24, 2.45) is 0 Å². The highest BCUT2D eigenvalue weighted by atomic mass is 19.1. The maximum atomic E-state index is 13.5. The number of halogens is 1. The first-order chi connectivity index (χ1) is 14.8. The van der Waals surface area contributed by atoms with Gasteiger partial charge in [0.15, 0.2) is 0 Å². The van der Waals surface area contributed by atoms with Crippen molar-refractivity contribution in [3.8, 4) is 11.6 Å². The molecule has 0 aliphatic rings. The van der Waals surface area contributed by atoms with Crippen molar-refractivity contribution in [2.75, 3.05) is 5.32 Å². The highest BCUT2D eigenvalue weighted by Gasteiger charge is 2.16. The second-order valence-electron chi connectivity index (χ2n) is 7.30. The second-order valence-corrected chi connectivity index (χ2v) is 7.30. The molecule has 1 N–H and O–H groups in total. The van der Waals surface area contributed by atoms with E-state index >= 15 is 0 Å². The molecule has 4 aromatic rings. The van der Waals surface area contributed by atoms with E-state index in [1.807, 2.05) is 32.0 Å². The Morgan fingerprint density at radius 2 is 1.87 bits per heavy atom. The highest BCUT2D eigenvalue weighted by molar-refractivity contribution is 5.91. The van der Waals surface area contributed by atoms with Crippen molar-refractivity contribution in [2.45, 2.75) is 27.3 Å². The van der Waals surface area contributed by atoms with Gasteiger partial charge in [-0.3, -0.25) is 4.79 Å². The SMILES string of the molecule is Cc1cc(C)cc(Oc2nccn3c(=O)n(CC(=O)Nc4cc(F)ccc4C)nc23)c1. The number of aromatic nitrogens is 4. The normalized spacial score (nSPS) is 11.0. The van der Waals surface area contributed by atoms with Gasteiger partial charge in [0, 0.05) is 18.1 Å². The van der Waals surface area contributed by atoms with E-state index < -0.39 is 17.4 Å². The molecule has 8 nitrogen and oxygen atoms in total. The smallest absolute Gasteiger partial charge is 0.351 e. The molecule has 0 saturated carbocycles. The van der Waals surface area contributed by atoms with Gasteiger partial charge < -0.3 is 10.1 Å². The second kappa shape index (κ2) is 8.02. The van der Waals surface area contributed by atoms with Crippen molar-refractivity contribution >= 4 is 17.2 Å². The summed E-state index contributed by atoms with van der Waals surface area (Å²) in [5.41, 5.74) is 2.74. The monoisotopic (exact) mass is 421 g/mol. The Hall–Kier alpha value is -4.01. The number of aryl methyl sites for hydroxylation is 3. The summed E-state index contributed by atoms with van der Waals surface area (Å²) in [6.07, 6.45) is 2.87. The molecule has 0 fully saturated rings. The number of hydrogen-bond donors (Lipinski definition) is 1. The molecule has 0 atom stereocenters. The van der Waals surface area contributed by atoms with Crippen LogP contribution in [0.1, 0.15) is 16.7 Å². The Bertz CT molecular complexity index is 1340. The lowest BCUT2D eigenvalue weighted by Crippen LogP contribution is -2.28. The number of ether oxygens (including phenoxy) is 1. The van der Waals surface area contributed by atoms with E-state index in [1.54, 1.807) is 13.0 Å². The average molecular weight is 421 g/mol. The van der Waals surface area contributed by atoms with Crippen LogP contribution in [0.5, 0.6) is 11.6 Å². The molecule has 0 saturated heterocycles. The fourth-order valence-corrected chi connectivity index (χ4v) is 3.26. The Morgan fingerprint density at radius 1 is 1.13 bits per heavy atom. The number of rotatable bonds is 5. The van der Waals surface area contributed by atoms with E-state index in [4.69, 9.17) is 4.74 Å². The number of benzene rings is 2. The molecule has 0 unspecified atom stereocenters. The van der Waals surface area contributed by atoms with Gasteiger partial charge >= 0.3 is 5.69 Å². The van der Waals surface area contributed by atoms with Crippen molar-refractivity contribution in [1.82, 2.24) is 19.2 Å². The standard InChI is InChI=1S/C22H20FN5O3/c1-13-8-14(2)10-17(9-13)31-21-20-26-28(22(30)27(20)7-6-24-21)12-19(29)25-18-11-16(23)5-4-15(18)3/h4-11H,12H2,1-3H3,(H,25,29). The first kappa shape index (κ1) is 20.3. The lowest BCUT2D eigenvalue weighted by atomic mass is 10.1. The van der Waals surface area contributed by atoms with Gasteiger partial charge in [-0.25, -0.2) is 23.3 Å². The number of amides is 1. The zero-order valence-electron chi connectivity index (χ0n) is 17.2. The van der Waals surface area contributed by atoms with Crippen LogP contribution in [-0.4, -0.2) is 25.1 Å². The molecule has 2 heterocycles. The maximum Gasteiger partial charge on any atom is 0.351 e. The van der Waals surface area contributed by atoms with Crippen molar-refractivity contribution in [1.29, 1.82) is 0 Å². The number of carbonyl (C=O) groups excluding carboxylic acids is 1. The van der Waals surface area contributed by atoms with Crippen LogP contribution in [0.15, 0.2) is 53.6 Å². The molecule has 0 aliphatic heterocycles. The zero-order chi connectivity index (χ0) is 22.1. The Morgan fingerprint density at radius 3 is 2.61 bits per heavy atom. The largest absolute Gasteiger partial charge is 0.436 e. The van der Waals surface area contributed by atoms with Gasteiger partial charge in [-0.2, -0.15) is 0 Å². The molecule has 2 aromatic carbocycles. The van der Waals surface area contributed by atoms with Crippen LogP contribution in [0.4, 0.5) is 10.1 Å². The predicted molar refractivity (Wildman–Crippen MR) is 113 cm³/mol. The van der Waals surface area contributed by atoms with Crippen LogP contribution in [0.2, 0.25) is 0 Å². The van der Waals surface area contributed by atoms with Crippen molar-refractivity contribution in [3.63, 3.8) is 0 Å². The summed E-state index contributed by atoms with van der Waals surface area (Å²) in [5.74, 6) is -0.266. The minimum Gasteiger partial charge on any atom is -0.436 e.